The van der Waals surface area contributed by atoms with Crippen LogP contribution in [-0.2, 0) is 0 Å². The van der Waals surface area contributed by atoms with Crippen LogP contribution in [0.1, 0.15) is 17.0 Å². The standard InChI is InChI=1S/C16H11N3OS/c1-11-4-2-3-5-14(11)15-18-16(20-19-15)13(9-17)8-12-6-7-21-10-12/h2-8,10H,1H3/b13-8+. The molecule has 5 heteroatoms. The second-order valence-corrected chi connectivity index (χ2v) is 5.24. The van der Waals surface area contributed by atoms with Crippen LogP contribution in [-0.4, -0.2) is 10.1 Å². The zero-order valence-corrected chi connectivity index (χ0v) is 12.1. The van der Waals surface area contributed by atoms with E-state index in [1.165, 1.54) is 0 Å². The van der Waals surface area contributed by atoms with Gasteiger partial charge in [0, 0.05) is 5.56 Å². The van der Waals surface area contributed by atoms with Gasteiger partial charge in [-0.1, -0.05) is 29.4 Å². The maximum atomic E-state index is 9.27. The fraction of sp³-hybridized carbons (Fsp3) is 0.0625. The summed E-state index contributed by atoms with van der Waals surface area (Å²) in [5.74, 6) is 0.733. The summed E-state index contributed by atoms with van der Waals surface area (Å²) in [5.41, 5.74) is 3.28. The highest BCUT2D eigenvalue weighted by atomic mass is 32.1. The third-order valence-electron chi connectivity index (χ3n) is 3.02. The maximum absolute atomic E-state index is 9.27. The fourth-order valence-corrected chi connectivity index (χ4v) is 2.55. The van der Waals surface area contributed by atoms with Crippen molar-refractivity contribution in [3.05, 3.63) is 58.1 Å². The molecule has 0 amide bonds. The summed E-state index contributed by atoms with van der Waals surface area (Å²) in [6.07, 6.45) is 1.74. The van der Waals surface area contributed by atoms with Crippen LogP contribution in [0.4, 0.5) is 0 Å². The Morgan fingerprint density at radius 2 is 2.19 bits per heavy atom. The molecule has 4 nitrogen and oxygen atoms in total. The second-order valence-electron chi connectivity index (χ2n) is 4.46. The van der Waals surface area contributed by atoms with Crippen molar-refractivity contribution in [2.75, 3.05) is 0 Å². The van der Waals surface area contributed by atoms with Crippen molar-refractivity contribution in [1.82, 2.24) is 10.1 Å². The van der Waals surface area contributed by atoms with Crippen LogP contribution in [0.5, 0.6) is 0 Å². The van der Waals surface area contributed by atoms with E-state index < -0.39 is 0 Å². The summed E-state index contributed by atoms with van der Waals surface area (Å²) in [7, 11) is 0. The van der Waals surface area contributed by atoms with Gasteiger partial charge >= 0.3 is 0 Å². The van der Waals surface area contributed by atoms with Gasteiger partial charge in [0.25, 0.3) is 5.89 Å². The Labute approximate surface area is 126 Å². The summed E-state index contributed by atoms with van der Waals surface area (Å²) < 4.78 is 5.23. The van der Waals surface area contributed by atoms with Gasteiger partial charge in [-0.3, -0.25) is 0 Å². The van der Waals surface area contributed by atoms with Gasteiger partial charge in [0.15, 0.2) is 0 Å². The minimum atomic E-state index is 0.238. The highest BCUT2D eigenvalue weighted by Crippen LogP contribution is 2.23. The summed E-state index contributed by atoms with van der Waals surface area (Å²) in [6, 6.07) is 11.8. The van der Waals surface area contributed by atoms with E-state index >= 15 is 0 Å². The molecule has 0 bridgehead atoms. The number of nitrogens with zero attached hydrogens (tertiary/aromatic N) is 3. The van der Waals surface area contributed by atoms with Crippen molar-refractivity contribution in [3.8, 4) is 17.5 Å². The Morgan fingerprint density at radius 1 is 1.33 bits per heavy atom. The molecule has 0 fully saturated rings. The number of allylic oxidation sites excluding steroid dienone is 1. The Bertz CT molecular complexity index is 825. The van der Waals surface area contributed by atoms with E-state index in [0.717, 1.165) is 16.7 Å². The molecular weight excluding hydrogens is 282 g/mol. The number of thiophene rings is 1. The normalized spacial score (nSPS) is 11.3. The number of nitriles is 1. The third-order valence-corrected chi connectivity index (χ3v) is 3.72. The van der Waals surface area contributed by atoms with Crippen LogP contribution < -0.4 is 0 Å². The van der Waals surface area contributed by atoms with Crippen LogP contribution in [0.15, 0.2) is 45.6 Å². The van der Waals surface area contributed by atoms with E-state index in [4.69, 9.17) is 4.52 Å². The number of rotatable bonds is 3. The van der Waals surface area contributed by atoms with Crippen molar-refractivity contribution in [2.24, 2.45) is 0 Å². The molecule has 21 heavy (non-hydrogen) atoms. The average molecular weight is 293 g/mol. The smallest absolute Gasteiger partial charge is 0.268 e. The minimum absolute atomic E-state index is 0.238. The lowest BCUT2D eigenvalue weighted by molar-refractivity contribution is 0.409. The molecule has 0 unspecified atom stereocenters. The Kier molecular flexibility index (Phi) is 3.63. The van der Waals surface area contributed by atoms with E-state index in [0.29, 0.717) is 11.4 Å². The molecule has 3 rings (SSSR count). The second kappa shape index (κ2) is 5.73. The number of hydrogen-bond acceptors (Lipinski definition) is 5. The van der Waals surface area contributed by atoms with E-state index in [1.54, 1.807) is 17.4 Å². The Morgan fingerprint density at radius 3 is 2.90 bits per heavy atom. The SMILES string of the molecule is Cc1ccccc1-c1noc(/C(C#N)=C/c2ccsc2)n1. The molecule has 2 aromatic heterocycles. The van der Waals surface area contributed by atoms with Crippen LogP contribution in [0.25, 0.3) is 23.0 Å². The molecule has 0 aliphatic heterocycles. The molecule has 0 N–H and O–H groups in total. The quantitative estimate of drug-likeness (QED) is 0.680. The van der Waals surface area contributed by atoms with E-state index in [9.17, 15) is 5.26 Å². The summed E-state index contributed by atoms with van der Waals surface area (Å²) in [5, 5.41) is 17.1. The van der Waals surface area contributed by atoms with Gasteiger partial charge in [0.1, 0.15) is 11.6 Å². The van der Waals surface area contributed by atoms with Gasteiger partial charge in [0.2, 0.25) is 5.82 Å². The molecule has 0 radical (unpaired) electrons. The minimum Gasteiger partial charge on any atom is -0.333 e. The highest BCUT2D eigenvalue weighted by Gasteiger charge is 2.14. The lowest BCUT2D eigenvalue weighted by Gasteiger charge is -1.97. The van der Waals surface area contributed by atoms with E-state index in [-0.39, 0.29) is 5.89 Å². The van der Waals surface area contributed by atoms with Gasteiger partial charge in [-0.15, -0.1) is 0 Å². The van der Waals surface area contributed by atoms with Crippen molar-refractivity contribution in [3.63, 3.8) is 0 Å². The fourth-order valence-electron chi connectivity index (χ4n) is 1.93. The average Bonchev–Trinajstić information content (AvgIpc) is 3.17. The van der Waals surface area contributed by atoms with Crippen LogP contribution in [0.2, 0.25) is 0 Å². The summed E-state index contributed by atoms with van der Waals surface area (Å²) in [6.45, 7) is 1.98. The molecule has 1 aromatic carbocycles. The molecule has 102 valence electrons. The monoisotopic (exact) mass is 293 g/mol. The lowest BCUT2D eigenvalue weighted by Crippen LogP contribution is -1.86. The Hall–Kier alpha value is -2.71. The van der Waals surface area contributed by atoms with Gasteiger partial charge in [-0.25, -0.2) is 0 Å². The lowest BCUT2D eigenvalue weighted by atomic mass is 10.1. The number of aromatic nitrogens is 2. The van der Waals surface area contributed by atoms with Crippen LogP contribution in [0.3, 0.4) is 0 Å². The number of benzene rings is 1. The predicted molar refractivity (Wildman–Crippen MR) is 82.3 cm³/mol. The molecule has 2 heterocycles. The predicted octanol–water partition coefficient (Wildman–Crippen LogP) is 4.17. The molecule has 3 aromatic rings. The molecular formula is C16H11N3OS. The molecule has 0 spiro atoms. The number of hydrogen-bond donors (Lipinski definition) is 0. The molecule has 0 aliphatic rings. The zero-order valence-electron chi connectivity index (χ0n) is 11.3. The molecule has 0 saturated carbocycles. The van der Waals surface area contributed by atoms with Crippen molar-refractivity contribution >= 4 is 23.0 Å². The van der Waals surface area contributed by atoms with Gasteiger partial charge in [-0.2, -0.15) is 21.6 Å². The third kappa shape index (κ3) is 2.76. The molecule has 0 aliphatic carbocycles. The van der Waals surface area contributed by atoms with Crippen LogP contribution in [0, 0.1) is 18.3 Å². The topological polar surface area (TPSA) is 62.7 Å². The van der Waals surface area contributed by atoms with Crippen molar-refractivity contribution in [2.45, 2.75) is 6.92 Å². The first-order valence-electron chi connectivity index (χ1n) is 6.32. The molecule has 0 atom stereocenters. The van der Waals surface area contributed by atoms with Crippen LogP contribution >= 0.6 is 11.3 Å². The highest BCUT2D eigenvalue weighted by molar-refractivity contribution is 7.08. The van der Waals surface area contributed by atoms with Crippen molar-refractivity contribution < 1.29 is 4.52 Å². The van der Waals surface area contributed by atoms with Gasteiger partial charge < -0.3 is 4.52 Å². The van der Waals surface area contributed by atoms with E-state index in [1.807, 2.05) is 48.0 Å². The zero-order chi connectivity index (χ0) is 14.7. The Balaban J connectivity index is 1.98. The largest absolute Gasteiger partial charge is 0.333 e. The van der Waals surface area contributed by atoms with Gasteiger partial charge in [0.05, 0.1) is 0 Å². The van der Waals surface area contributed by atoms with Crippen molar-refractivity contribution in [1.29, 1.82) is 5.26 Å². The summed E-state index contributed by atoms with van der Waals surface area (Å²) in [4.78, 5) is 4.33. The van der Waals surface area contributed by atoms with Gasteiger partial charge in [-0.05, 0) is 41.0 Å². The first-order valence-corrected chi connectivity index (χ1v) is 7.26. The van der Waals surface area contributed by atoms with E-state index in [2.05, 4.69) is 16.2 Å². The molecule has 0 saturated heterocycles. The first kappa shape index (κ1) is 13.3. The first-order chi connectivity index (χ1) is 10.3. The summed E-state index contributed by atoms with van der Waals surface area (Å²) >= 11 is 1.57. The number of aryl methyl sites for hydroxylation is 1. The maximum Gasteiger partial charge on any atom is 0.268 e.